The lowest BCUT2D eigenvalue weighted by molar-refractivity contribution is -0.121. The number of fused-ring (bicyclic) bond motifs is 1. The SMILES string of the molecule is CCCCCC(=O)NN=C(C)c1ccc2ccccc2c1. The Morgan fingerprint density at radius 2 is 1.86 bits per heavy atom. The fraction of sp³-hybridized carbons (Fsp3) is 0.333. The molecule has 0 fully saturated rings. The number of hydrogen-bond donors (Lipinski definition) is 1. The number of hydrazone groups is 1. The standard InChI is InChI=1S/C18H22N2O/c1-3-4-5-10-18(21)20-19-14(2)16-12-11-15-8-6-7-9-17(15)13-16/h6-9,11-13H,3-5,10H2,1-2H3,(H,20,21). The van der Waals surface area contributed by atoms with Gasteiger partial charge in [0.1, 0.15) is 0 Å². The largest absolute Gasteiger partial charge is 0.273 e. The predicted octanol–water partition coefficient (Wildman–Crippen LogP) is 4.26. The van der Waals surface area contributed by atoms with Crippen molar-refractivity contribution in [2.24, 2.45) is 5.10 Å². The molecule has 110 valence electrons. The zero-order valence-corrected chi connectivity index (χ0v) is 12.7. The van der Waals surface area contributed by atoms with Crippen LogP contribution in [0.25, 0.3) is 10.8 Å². The van der Waals surface area contributed by atoms with Gasteiger partial charge in [0, 0.05) is 6.42 Å². The molecule has 0 radical (unpaired) electrons. The Kier molecular flexibility index (Phi) is 5.50. The number of unbranched alkanes of at least 4 members (excludes halogenated alkanes) is 2. The molecule has 0 heterocycles. The van der Waals surface area contributed by atoms with Gasteiger partial charge in [0.25, 0.3) is 0 Å². The van der Waals surface area contributed by atoms with Crippen molar-refractivity contribution in [2.75, 3.05) is 0 Å². The number of amides is 1. The second-order valence-corrected chi connectivity index (χ2v) is 5.25. The third kappa shape index (κ3) is 4.42. The topological polar surface area (TPSA) is 41.5 Å². The lowest BCUT2D eigenvalue weighted by Gasteiger charge is -2.04. The van der Waals surface area contributed by atoms with E-state index in [0.29, 0.717) is 6.42 Å². The van der Waals surface area contributed by atoms with Crippen molar-refractivity contribution in [1.29, 1.82) is 0 Å². The number of nitrogens with zero attached hydrogens (tertiary/aromatic N) is 1. The lowest BCUT2D eigenvalue weighted by atomic mass is 10.0. The molecule has 1 amide bonds. The molecule has 3 heteroatoms. The first-order valence-electron chi connectivity index (χ1n) is 7.53. The number of carbonyl (C=O) groups is 1. The average molecular weight is 282 g/mol. The quantitative estimate of drug-likeness (QED) is 0.480. The highest BCUT2D eigenvalue weighted by atomic mass is 16.2. The molecule has 2 rings (SSSR count). The van der Waals surface area contributed by atoms with Crippen LogP contribution in [0.5, 0.6) is 0 Å². The van der Waals surface area contributed by atoms with E-state index in [9.17, 15) is 4.79 Å². The zero-order valence-electron chi connectivity index (χ0n) is 12.7. The van der Waals surface area contributed by atoms with Gasteiger partial charge in [0.05, 0.1) is 5.71 Å². The zero-order chi connectivity index (χ0) is 15.1. The maximum absolute atomic E-state index is 11.6. The van der Waals surface area contributed by atoms with Crippen LogP contribution in [-0.4, -0.2) is 11.6 Å². The minimum absolute atomic E-state index is 0.0106. The third-order valence-corrected chi connectivity index (χ3v) is 3.52. The van der Waals surface area contributed by atoms with Crippen molar-refractivity contribution in [3.63, 3.8) is 0 Å². The molecule has 0 aliphatic carbocycles. The first kappa shape index (κ1) is 15.2. The molecule has 0 aromatic heterocycles. The normalized spacial score (nSPS) is 11.6. The van der Waals surface area contributed by atoms with Crippen molar-refractivity contribution in [2.45, 2.75) is 39.5 Å². The van der Waals surface area contributed by atoms with Crippen molar-refractivity contribution >= 4 is 22.4 Å². The van der Waals surface area contributed by atoms with Gasteiger partial charge in [-0.2, -0.15) is 5.10 Å². The molecular weight excluding hydrogens is 260 g/mol. The van der Waals surface area contributed by atoms with Crippen molar-refractivity contribution in [1.82, 2.24) is 5.43 Å². The molecule has 0 unspecified atom stereocenters. The summed E-state index contributed by atoms with van der Waals surface area (Å²) in [7, 11) is 0. The van der Waals surface area contributed by atoms with Gasteiger partial charge in [-0.15, -0.1) is 0 Å². The summed E-state index contributed by atoms with van der Waals surface area (Å²) >= 11 is 0. The fourth-order valence-electron chi connectivity index (χ4n) is 2.22. The van der Waals surface area contributed by atoms with Crippen LogP contribution in [0.1, 0.15) is 45.1 Å². The Bertz CT molecular complexity index is 646. The average Bonchev–Trinajstić information content (AvgIpc) is 2.52. The van der Waals surface area contributed by atoms with Crippen LogP contribution in [0, 0.1) is 0 Å². The summed E-state index contributed by atoms with van der Waals surface area (Å²) in [4.78, 5) is 11.6. The number of rotatable bonds is 6. The highest BCUT2D eigenvalue weighted by Crippen LogP contribution is 2.16. The summed E-state index contributed by atoms with van der Waals surface area (Å²) in [6.07, 6.45) is 3.67. The second kappa shape index (κ2) is 7.58. The summed E-state index contributed by atoms with van der Waals surface area (Å²) < 4.78 is 0. The molecule has 0 spiro atoms. The summed E-state index contributed by atoms with van der Waals surface area (Å²) in [5.74, 6) is -0.0106. The number of carbonyl (C=O) groups excluding carboxylic acids is 1. The highest BCUT2D eigenvalue weighted by molar-refractivity contribution is 6.02. The van der Waals surface area contributed by atoms with E-state index in [-0.39, 0.29) is 5.91 Å². The van der Waals surface area contributed by atoms with Crippen LogP contribution >= 0.6 is 0 Å². The van der Waals surface area contributed by atoms with E-state index in [1.54, 1.807) is 0 Å². The lowest BCUT2D eigenvalue weighted by Crippen LogP contribution is -2.18. The molecule has 0 bridgehead atoms. The maximum Gasteiger partial charge on any atom is 0.240 e. The Hall–Kier alpha value is -2.16. The summed E-state index contributed by atoms with van der Waals surface area (Å²) in [6, 6.07) is 14.4. The first-order valence-corrected chi connectivity index (χ1v) is 7.53. The van der Waals surface area contributed by atoms with E-state index in [0.717, 1.165) is 30.5 Å². The van der Waals surface area contributed by atoms with E-state index in [1.807, 2.05) is 25.1 Å². The van der Waals surface area contributed by atoms with Gasteiger partial charge in [-0.05, 0) is 35.7 Å². The van der Waals surface area contributed by atoms with Gasteiger partial charge in [-0.25, -0.2) is 5.43 Å². The second-order valence-electron chi connectivity index (χ2n) is 5.25. The molecular formula is C18H22N2O. The third-order valence-electron chi connectivity index (χ3n) is 3.52. The molecule has 21 heavy (non-hydrogen) atoms. The van der Waals surface area contributed by atoms with Gasteiger partial charge in [-0.1, -0.05) is 56.2 Å². The van der Waals surface area contributed by atoms with Crippen molar-refractivity contribution in [3.05, 3.63) is 48.0 Å². The smallest absolute Gasteiger partial charge is 0.240 e. The van der Waals surface area contributed by atoms with E-state index < -0.39 is 0 Å². The van der Waals surface area contributed by atoms with Gasteiger partial charge in [0.15, 0.2) is 0 Å². The van der Waals surface area contributed by atoms with Gasteiger partial charge < -0.3 is 0 Å². The minimum Gasteiger partial charge on any atom is -0.273 e. The molecule has 3 nitrogen and oxygen atoms in total. The minimum atomic E-state index is -0.0106. The number of hydrogen-bond acceptors (Lipinski definition) is 2. The Labute approximate surface area is 126 Å². The molecule has 0 saturated carbocycles. The van der Waals surface area contributed by atoms with Crippen LogP contribution in [0.2, 0.25) is 0 Å². The molecule has 0 saturated heterocycles. The molecule has 2 aromatic carbocycles. The Morgan fingerprint density at radius 3 is 2.62 bits per heavy atom. The van der Waals surface area contributed by atoms with Crippen molar-refractivity contribution in [3.8, 4) is 0 Å². The molecule has 2 aromatic rings. The van der Waals surface area contributed by atoms with Crippen LogP contribution in [-0.2, 0) is 4.79 Å². The summed E-state index contributed by atoms with van der Waals surface area (Å²) in [5.41, 5.74) is 4.49. The van der Waals surface area contributed by atoms with Gasteiger partial charge in [0.2, 0.25) is 5.91 Å². The van der Waals surface area contributed by atoms with E-state index >= 15 is 0 Å². The Morgan fingerprint density at radius 1 is 1.10 bits per heavy atom. The van der Waals surface area contributed by atoms with Gasteiger partial charge >= 0.3 is 0 Å². The highest BCUT2D eigenvalue weighted by Gasteiger charge is 2.02. The summed E-state index contributed by atoms with van der Waals surface area (Å²) in [5, 5.41) is 6.58. The molecule has 0 atom stereocenters. The van der Waals surface area contributed by atoms with Crippen LogP contribution < -0.4 is 5.43 Å². The van der Waals surface area contributed by atoms with Crippen LogP contribution in [0.4, 0.5) is 0 Å². The van der Waals surface area contributed by atoms with Crippen LogP contribution in [0.3, 0.4) is 0 Å². The van der Waals surface area contributed by atoms with Crippen molar-refractivity contribution < 1.29 is 4.79 Å². The summed E-state index contributed by atoms with van der Waals surface area (Å²) in [6.45, 7) is 4.04. The maximum atomic E-state index is 11.6. The Balaban J connectivity index is 2.01. The fourth-order valence-corrected chi connectivity index (χ4v) is 2.22. The molecule has 1 N–H and O–H groups in total. The first-order chi connectivity index (χ1) is 10.2. The van der Waals surface area contributed by atoms with E-state index in [1.165, 1.54) is 10.8 Å². The van der Waals surface area contributed by atoms with E-state index in [4.69, 9.17) is 0 Å². The number of benzene rings is 2. The number of nitrogens with one attached hydrogen (secondary N) is 1. The molecule has 0 aliphatic heterocycles. The van der Waals surface area contributed by atoms with E-state index in [2.05, 4.69) is 41.7 Å². The van der Waals surface area contributed by atoms with Crippen LogP contribution in [0.15, 0.2) is 47.6 Å². The van der Waals surface area contributed by atoms with Gasteiger partial charge in [-0.3, -0.25) is 4.79 Å². The monoisotopic (exact) mass is 282 g/mol. The predicted molar refractivity (Wildman–Crippen MR) is 88.4 cm³/mol. The molecule has 0 aliphatic rings.